The first-order valence-electron chi connectivity index (χ1n) is 5.11. The fourth-order valence-electron chi connectivity index (χ4n) is 1.33. The van der Waals surface area contributed by atoms with E-state index in [4.69, 9.17) is 10.4 Å². The smallest absolute Gasteiger partial charge is 0.326 e. The Hall–Kier alpha value is -1.91. The van der Waals surface area contributed by atoms with E-state index in [1.54, 1.807) is 24.3 Å². The molecule has 0 fully saturated rings. The van der Waals surface area contributed by atoms with E-state index in [1.165, 1.54) is 12.1 Å². The lowest BCUT2D eigenvalue weighted by Crippen LogP contribution is -2.35. The molecule has 18 heavy (non-hydrogen) atoms. The Labute approximate surface area is 105 Å². The van der Waals surface area contributed by atoms with E-state index in [-0.39, 0.29) is 6.42 Å². The van der Waals surface area contributed by atoms with Crippen molar-refractivity contribution in [2.45, 2.75) is 12.5 Å². The molecule has 6 nitrogen and oxygen atoms in total. The quantitative estimate of drug-likeness (QED) is 0.787. The number of carboxylic acid groups (broad SMARTS) is 1. The summed E-state index contributed by atoms with van der Waals surface area (Å²) in [4.78, 5) is 11.1. The fourth-order valence-corrected chi connectivity index (χ4v) is 2.40. The molecule has 0 spiro atoms. The number of nitriles is 1. The van der Waals surface area contributed by atoms with Crippen molar-refractivity contribution in [2.75, 3.05) is 5.75 Å². The van der Waals surface area contributed by atoms with Crippen molar-refractivity contribution in [3.8, 4) is 6.07 Å². The number of nitrogens with zero attached hydrogens (tertiary/aromatic N) is 1. The molecule has 0 aliphatic carbocycles. The van der Waals surface area contributed by atoms with Crippen molar-refractivity contribution in [1.82, 2.24) is 4.72 Å². The molecule has 96 valence electrons. The van der Waals surface area contributed by atoms with Gasteiger partial charge in [-0.3, -0.25) is 4.79 Å². The SMILES string of the molecule is N#CCCS(=O)(=O)N[C@H](C(=O)O)c1ccccc1. The van der Waals surface area contributed by atoms with Crippen molar-refractivity contribution in [3.63, 3.8) is 0 Å². The topological polar surface area (TPSA) is 107 Å². The van der Waals surface area contributed by atoms with Crippen molar-refractivity contribution in [2.24, 2.45) is 0 Å². The number of rotatable bonds is 6. The Morgan fingerprint density at radius 2 is 2.00 bits per heavy atom. The Morgan fingerprint density at radius 1 is 1.39 bits per heavy atom. The van der Waals surface area contributed by atoms with Gasteiger partial charge in [0.15, 0.2) is 0 Å². The molecular weight excluding hydrogens is 256 g/mol. The Morgan fingerprint density at radius 3 is 2.50 bits per heavy atom. The largest absolute Gasteiger partial charge is 0.480 e. The Bertz CT molecular complexity index is 548. The summed E-state index contributed by atoms with van der Waals surface area (Å²) >= 11 is 0. The number of hydrogen-bond donors (Lipinski definition) is 2. The van der Waals surface area contributed by atoms with Crippen LogP contribution in [0.1, 0.15) is 18.0 Å². The molecule has 7 heteroatoms. The second kappa shape index (κ2) is 6.14. The van der Waals surface area contributed by atoms with E-state index < -0.39 is 27.8 Å². The van der Waals surface area contributed by atoms with Gasteiger partial charge in [-0.1, -0.05) is 30.3 Å². The molecule has 0 saturated carbocycles. The molecule has 2 N–H and O–H groups in total. The molecule has 0 aliphatic rings. The van der Waals surface area contributed by atoms with Crippen molar-refractivity contribution in [3.05, 3.63) is 35.9 Å². The number of hydrogen-bond acceptors (Lipinski definition) is 4. The second-order valence-electron chi connectivity index (χ2n) is 3.53. The second-order valence-corrected chi connectivity index (χ2v) is 5.40. The summed E-state index contributed by atoms with van der Waals surface area (Å²) in [7, 11) is -3.79. The van der Waals surface area contributed by atoms with Gasteiger partial charge in [-0.15, -0.1) is 0 Å². The first-order chi connectivity index (χ1) is 8.46. The highest BCUT2D eigenvalue weighted by molar-refractivity contribution is 7.89. The number of benzene rings is 1. The van der Waals surface area contributed by atoms with E-state index in [0.717, 1.165) is 0 Å². The molecule has 0 bridgehead atoms. The number of carbonyl (C=O) groups is 1. The summed E-state index contributed by atoms with van der Waals surface area (Å²) in [6, 6.07) is 8.34. The van der Waals surface area contributed by atoms with Crippen LogP contribution in [-0.4, -0.2) is 25.2 Å². The zero-order chi connectivity index (χ0) is 13.6. The summed E-state index contributed by atoms with van der Waals surface area (Å²) in [6.45, 7) is 0. The van der Waals surface area contributed by atoms with Gasteiger partial charge in [0.25, 0.3) is 0 Å². The van der Waals surface area contributed by atoms with E-state index in [0.29, 0.717) is 5.56 Å². The first-order valence-corrected chi connectivity index (χ1v) is 6.76. The maximum absolute atomic E-state index is 11.6. The number of nitrogens with one attached hydrogen (secondary N) is 1. The summed E-state index contributed by atoms with van der Waals surface area (Å²) in [6.07, 6.45) is -0.184. The van der Waals surface area contributed by atoms with Crippen LogP contribution in [0.15, 0.2) is 30.3 Å². The van der Waals surface area contributed by atoms with Crippen LogP contribution in [0, 0.1) is 11.3 Å². The van der Waals surface area contributed by atoms with Gasteiger partial charge in [0.05, 0.1) is 18.2 Å². The van der Waals surface area contributed by atoms with Crippen LogP contribution >= 0.6 is 0 Å². The predicted molar refractivity (Wildman–Crippen MR) is 64.0 cm³/mol. The minimum absolute atomic E-state index is 0.184. The zero-order valence-electron chi connectivity index (χ0n) is 9.41. The van der Waals surface area contributed by atoms with Gasteiger partial charge < -0.3 is 5.11 Å². The van der Waals surface area contributed by atoms with Crippen LogP contribution < -0.4 is 4.72 Å². The third kappa shape index (κ3) is 4.16. The number of carboxylic acids is 1. The lowest BCUT2D eigenvalue weighted by molar-refractivity contribution is -0.139. The molecule has 0 aliphatic heterocycles. The highest BCUT2D eigenvalue weighted by atomic mass is 32.2. The molecule has 0 radical (unpaired) electrons. The predicted octanol–water partition coefficient (Wildman–Crippen LogP) is 0.645. The molecular formula is C11H12N2O4S. The molecule has 0 amide bonds. The van der Waals surface area contributed by atoms with E-state index in [2.05, 4.69) is 4.72 Å². The van der Waals surface area contributed by atoms with Gasteiger partial charge in [0.1, 0.15) is 6.04 Å². The van der Waals surface area contributed by atoms with Crippen LogP contribution in [-0.2, 0) is 14.8 Å². The highest BCUT2D eigenvalue weighted by Gasteiger charge is 2.25. The van der Waals surface area contributed by atoms with Gasteiger partial charge in [0.2, 0.25) is 10.0 Å². The van der Waals surface area contributed by atoms with Gasteiger partial charge in [-0.25, -0.2) is 8.42 Å². The molecule has 0 unspecified atom stereocenters. The lowest BCUT2D eigenvalue weighted by Gasteiger charge is -2.14. The summed E-state index contributed by atoms with van der Waals surface area (Å²) in [5.41, 5.74) is 0.338. The standard InChI is InChI=1S/C11H12N2O4S/c12-7-4-8-18(16,17)13-10(11(14)15)9-5-2-1-3-6-9/h1-3,5-6,10,13H,4,8H2,(H,14,15)/t10-/m0/s1. The van der Waals surface area contributed by atoms with Crippen molar-refractivity contribution in [1.29, 1.82) is 5.26 Å². The van der Waals surface area contributed by atoms with E-state index in [1.807, 2.05) is 0 Å². The molecule has 0 saturated heterocycles. The van der Waals surface area contributed by atoms with Crippen LogP contribution in [0.4, 0.5) is 0 Å². The van der Waals surface area contributed by atoms with Crippen LogP contribution in [0.5, 0.6) is 0 Å². The summed E-state index contributed by atoms with van der Waals surface area (Å²) < 4.78 is 25.2. The van der Waals surface area contributed by atoms with Crippen molar-refractivity contribution >= 4 is 16.0 Å². The van der Waals surface area contributed by atoms with Gasteiger partial charge in [-0.05, 0) is 5.56 Å². The maximum Gasteiger partial charge on any atom is 0.326 e. The van der Waals surface area contributed by atoms with Crippen LogP contribution in [0.25, 0.3) is 0 Å². The molecule has 1 aromatic carbocycles. The minimum atomic E-state index is -3.79. The van der Waals surface area contributed by atoms with E-state index in [9.17, 15) is 13.2 Å². The fraction of sp³-hybridized carbons (Fsp3) is 0.273. The number of sulfonamides is 1. The molecule has 0 heterocycles. The van der Waals surface area contributed by atoms with E-state index >= 15 is 0 Å². The minimum Gasteiger partial charge on any atom is -0.480 e. The van der Waals surface area contributed by atoms with Gasteiger partial charge in [-0.2, -0.15) is 9.98 Å². The molecule has 1 rings (SSSR count). The molecule has 0 aromatic heterocycles. The van der Waals surface area contributed by atoms with Gasteiger partial charge in [0, 0.05) is 0 Å². The lowest BCUT2D eigenvalue weighted by atomic mass is 10.1. The third-order valence-corrected chi connectivity index (χ3v) is 3.50. The number of aliphatic carboxylic acids is 1. The monoisotopic (exact) mass is 268 g/mol. The average molecular weight is 268 g/mol. The normalized spacial score (nSPS) is 12.6. The van der Waals surface area contributed by atoms with Crippen LogP contribution in [0.2, 0.25) is 0 Å². The average Bonchev–Trinajstić information content (AvgIpc) is 2.34. The maximum atomic E-state index is 11.6. The summed E-state index contributed by atoms with van der Waals surface area (Å²) in [5, 5.41) is 17.4. The Kier molecular flexibility index (Phi) is 4.83. The molecule has 1 atom stereocenters. The summed E-state index contributed by atoms with van der Waals surface area (Å²) in [5.74, 6) is -1.71. The third-order valence-electron chi connectivity index (χ3n) is 2.16. The highest BCUT2D eigenvalue weighted by Crippen LogP contribution is 2.14. The Balaban J connectivity index is 2.90. The van der Waals surface area contributed by atoms with Crippen LogP contribution in [0.3, 0.4) is 0 Å². The van der Waals surface area contributed by atoms with Gasteiger partial charge >= 0.3 is 5.97 Å². The van der Waals surface area contributed by atoms with Crippen molar-refractivity contribution < 1.29 is 18.3 Å². The molecule has 1 aromatic rings. The zero-order valence-corrected chi connectivity index (χ0v) is 10.2. The first kappa shape index (κ1) is 14.2.